The molecule has 0 spiro atoms. The fourth-order valence-corrected chi connectivity index (χ4v) is 2.62. The van der Waals surface area contributed by atoms with Crippen molar-refractivity contribution in [3.63, 3.8) is 0 Å². The minimum Gasteiger partial charge on any atom is -0.389 e. The molecule has 4 nitrogen and oxygen atoms in total. The number of hydrogen-bond donors (Lipinski definition) is 4. The van der Waals surface area contributed by atoms with Crippen molar-refractivity contribution < 1.29 is 10.2 Å². The molecule has 4 atom stereocenters. The third-order valence-electron chi connectivity index (χ3n) is 2.26. The average molecular weight is 268 g/mol. The van der Waals surface area contributed by atoms with Gasteiger partial charge in [0.05, 0.1) is 12.2 Å². The average Bonchev–Trinajstić information content (AvgIpc) is 2.30. The van der Waals surface area contributed by atoms with Crippen molar-refractivity contribution in [2.45, 2.75) is 38.1 Å². The van der Waals surface area contributed by atoms with Crippen LogP contribution in [0.3, 0.4) is 0 Å². The third-order valence-corrected chi connectivity index (χ3v) is 4.31. The standard InChI is InChI=1S/C10H24N2O2S2/c1-3-15-5-7(11)9(13)10(14)8(12)6-16-4-2/h7-10,13-14H,3-6,11-12H2,1-2H3/t7-,8-,9+,10+/m0/s1. The highest BCUT2D eigenvalue weighted by Gasteiger charge is 2.27. The topological polar surface area (TPSA) is 92.5 Å². The molecule has 6 N–H and O–H groups in total. The molecule has 0 aliphatic rings. The van der Waals surface area contributed by atoms with Crippen LogP contribution in [0.4, 0.5) is 0 Å². The zero-order valence-electron chi connectivity index (χ0n) is 10.0. The van der Waals surface area contributed by atoms with E-state index in [-0.39, 0.29) is 0 Å². The van der Waals surface area contributed by atoms with E-state index in [0.717, 1.165) is 11.5 Å². The predicted molar refractivity (Wildman–Crippen MR) is 74.0 cm³/mol. The van der Waals surface area contributed by atoms with Gasteiger partial charge in [0.15, 0.2) is 0 Å². The summed E-state index contributed by atoms with van der Waals surface area (Å²) < 4.78 is 0. The summed E-state index contributed by atoms with van der Waals surface area (Å²) in [5.74, 6) is 3.19. The zero-order chi connectivity index (χ0) is 12.6. The summed E-state index contributed by atoms with van der Waals surface area (Å²) in [6, 6.07) is -0.838. The summed E-state index contributed by atoms with van der Waals surface area (Å²) in [6.07, 6.45) is -1.88. The number of thioether (sulfide) groups is 2. The molecular formula is C10H24N2O2S2. The van der Waals surface area contributed by atoms with Gasteiger partial charge in [-0.15, -0.1) is 0 Å². The fourth-order valence-electron chi connectivity index (χ4n) is 1.21. The Labute approximate surface area is 107 Å². The number of nitrogens with two attached hydrogens (primary N) is 2. The van der Waals surface area contributed by atoms with Gasteiger partial charge < -0.3 is 21.7 Å². The van der Waals surface area contributed by atoms with Crippen molar-refractivity contribution >= 4 is 23.5 Å². The van der Waals surface area contributed by atoms with Crippen molar-refractivity contribution in [2.24, 2.45) is 11.5 Å². The lowest BCUT2D eigenvalue weighted by Gasteiger charge is -2.27. The van der Waals surface area contributed by atoms with Crippen molar-refractivity contribution in [2.75, 3.05) is 23.0 Å². The molecule has 0 saturated carbocycles. The minimum atomic E-state index is -0.938. The second-order valence-corrected chi connectivity index (χ2v) is 6.27. The van der Waals surface area contributed by atoms with Crippen molar-refractivity contribution in [3.05, 3.63) is 0 Å². The van der Waals surface area contributed by atoms with Gasteiger partial charge in [-0.3, -0.25) is 0 Å². The van der Waals surface area contributed by atoms with E-state index >= 15 is 0 Å². The molecule has 0 saturated heterocycles. The van der Waals surface area contributed by atoms with Crippen LogP contribution >= 0.6 is 23.5 Å². The van der Waals surface area contributed by atoms with E-state index in [1.807, 2.05) is 13.8 Å². The van der Waals surface area contributed by atoms with Crippen molar-refractivity contribution in [1.82, 2.24) is 0 Å². The van der Waals surface area contributed by atoms with Gasteiger partial charge in [-0.1, -0.05) is 13.8 Å². The highest BCUT2D eigenvalue weighted by atomic mass is 32.2. The molecule has 0 aromatic rings. The molecule has 0 rings (SSSR count). The van der Waals surface area contributed by atoms with Crippen LogP contribution in [0.25, 0.3) is 0 Å². The van der Waals surface area contributed by atoms with Gasteiger partial charge in [-0.25, -0.2) is 0 Å². The van der Waals surface area contributed by atoms with Gasteiger partial charge in [0.1, 0.15) is 0 Å². The Kier molecular flexibility index (Phi) is 9.88. The summed E-state index contributed by atoms with van der Waals surface area (Å²) in [5.41, 5.74) is 11.6. The van der Waals surface area contributed by atoms with E-state index in [0.29, 0.717) is 11.5 Å². The number of hydrogen-bond acceptors (Lipinski definition) is 6. The molecular weight excluding hydrogens is 244 g/mol. The first kappa shape index (κ1) is 16.5. The number of rotatable bonds is 9. The first-order chi connectivity index (χ1) is 7.54. The number of aliphatic hydroxyl groups is 2. The molecule has 0 aromatic carbocycles. The van der Waals surface area contributed by atoms with Gasteiger partial charge in [-0.05, 0) is 11.5 Å². The largest absolute Gasteiger partial charge is 0.389 e. The Hall–Kier alpha value is 0.540. The number of aliphatic hydroxyl groups excluding tert-OH is 2. The highest BCUT2D eigenvalue weighted by Crippen LogP contribution is 2.11. The van der Waals surface area contributed by atoms with Gasteiger partial charge in [-0.2, -0.15) is 23.5 Å². The minimum absolute atomic E-state index is 0.419. The Bertz CT molecular complexity index is 157. The molecule has 0 heterocycles. The fraction of sp³-hybridized carbons (Fsp3) is 1.00. The lowest BCUT2D eigenvalue weighted by molar-refractivity contribution is -0.00189. The second kappa shape index (κ2) is 9.56. The summed E-state index contributed by atoms with van der Waals surface area (Å²) in [7, 11) is 0. The predicted octanol–water partition coefficient (Wildman–Crippen LogP) is -0.131. The first-order valence-electron chi connectivity index (χ1n) is 5.57. The normalized spacial score (nSPS) is 19.1. The summed E-state index contributed by atoms with van der Waals surface area (Å²) >= 11 is 3.30. The van der Waals surface area contributed by atoms with Crippen LogP contribution in [0.5, 0.6) is 0 Å². The summed E-state index contributed by atoms with van der Waals surface area (Å²) in [4.78, 5) is 0. The van der Waals surface area contributed by atoms with Crippen molar-refractivity contribution in [3.8, 4) is 0 Å². The second-order valence-electron chi connectivity index (χ2n) is 3.63. The Morgan fingerprint density at radius 3 is 1.44 bits per heavy atom. The SMILES string of the molecule is CCSC[C@H](N)[C@@H](O)[C@H](O)[C@@H](N)CSCC. The van der Waals surface area contributed by atoms with E-state index in [1.54, 1.807) is 23.5 Å². The van der Waals surface area contributed by atoms with Crippen LogP contribution < -0.4 is 11.5 Å². The maximum absolute atomic E-state index is 9.80. The molecule has 0 aliphatic carbocycles. The van der Waals surface area contributed by atoms with Crippen LogP contribution in [0.2, 0.25) is 0 Å². The molecule has 0 fully saturated rings. The van der Waals surface area contributed by atoms with Crippen LogP contribution in [0.1, 0.15) is 13.8 Å². The monoisotopic (exact) mass is 268 g/mol. The Morgan fingerprint density at radius 1 is 0.875 bits per heavy atom. The molecule has 0 unspecified atom stereocenters. The summed E-state index contributed by atoms with van der Waals surface area (Å²) in [6.45, 7) is 4.06. The van der Waals surface area contributed by atoms with E-state index < -0.39 is 24.3 Å². The molecule has 0 amide bonds. The van der Waals surface area contributed by atoms with Crippen molar-refractivity contribution in [1.29, 1.82) is 0 Å². The Balaban J connectivity index is 3.98. The highest BCUT2D eigenvalue weighted by molar-refractivity contribution is 7.99. The molecule has 98 valence electrons. The van der Waals surface area contributed by atoms with Crippen LogP contribution in [0, 0.1) is 0 Å². The van der Waals surface area contributed by atoms with E-state index in [9.17, 15) is 10.2 Å². The summed E-state index contributed by atoms with van der Waals surface area (Å²) in [5, 5.41) is 19.6. The zero-order valence-corrected chi connectivity index (χ0v) is 11.6. The molecule has 0 aliphatic heterocycles. The van der Waals surface area contributed by atoms with E-state index in [2.05, 4.69) is 0 Å². The van der Waals surface area contributed by atoms with E-state index in [4.69, 9.17) is 11.5 Å². The van der Waals surface area contributed by atoms with E-state index in [1.165, 1.54) is 0 Å². The lowest BCUT2D eigenvalue weighted by Crippen LogP contribution is -2.53. The quantitative estimate of drug-likeness (QED) is 0.465. The smallest absolute Gasteiger partial charge is 0.0973 e. The third kappa shape index (κ3) is 6.32. The maximum Gasteiger partial charge on any atom is 0.0973 e. The molecule has 0 bridgehead atoms. The molecule has 16 heavy (non-hydrogen) atoms. The molecule has 6 heteroatoms. The van der Waals surface area contributed by atoms with Gasteiger partial charge in [0.2, 0.25) is 0 Å². The van der Waals surface area contributed by atoms with Crippen LogP contribution in [0.15, 0.2) is 0 Å². The van der Waals surface area contributed by atoms with Gasteiger partial charge in [0.25, 0.3) is 0 Å². The molecule has 0 radical (unpaired) electrons. The lowest BCUT2D eigenvalue weighted by atomic mass is 10.0. The van der Waals surface area contributed by atoms with Crippen LogP contribution in [-0.4, -0.2) is 57.5 Å². The molecule has 0 aromatic heterocycles. The van der Waals surface area contributed by atoms with Crippen LogP contribution in [-0.2, 0) is 0 Å². The first-order valence-corrected chi connectivity index (χ1v) is 7.88. The maximum atomic E-state index is 9.80. The Morgan fingerprint density at radius 2 is 1.19 bits per heavy atom. The van der Waals surface area contributed by atoms with Gasteiger partial charge in [0, 0.05) is 23.6 Å². The van der Waals surface area contributed by atoms with Gasteiger partial charge >= 0.3 is 0 Å².